The quantitative estimate of drug-likeness (QED) is 0.194. The Kier molecular flexibility index (Phi) is 5.11. The number of fused-ring (bicyclic) bond motifs is 7. The highest BCUT2D eigenvalue weighted by Gasteiger charge is 2.27. The molecular weight excluding hydrogens is 560 g/mol. The minimum atomic E-state index is 0.876. The van der Waals surface area contributed by atoms with Crippen molar-refractivity contribution in [2.24, 2.45) is 0 Å². The highest BCUT2D eigenvalue weighted by atomic mass is 15.1. The van der Waals surface area contributed by atoms with Crippen LogP contribution < -0.4 is 0 Å². The monoisotopic (exact) mass is 584 g/mol. The van der Waals surface area contributed by atoms with Crippen LogP contribution in [0.25, 0.3) is 105 Å². The zero-order chi connectivity index (χ0) is 30.4. The van der Waals surface area contributed by atoms with Crippen molar-refractivity contribution >= 4 is 60.2 Å². The van der Waals surface area contributed by atoms with Crippen LogP contribution >= 0.6 is 0 Å². The summed E-state index contributed by atoms with van der Waals surface area (Å²) in [6.45, 7) is 4.10. The van der Waals surface area contributed by atoms with Crippen LogP contribution in [0.2, 0.25) is 0 Å². The smallest absolute Gasteiger partial charge is 0.0935 e. The second-order valence-electron chi connectivity index (χ2n) is 11.9. The average molecular weight is 585 g/mol. The van der Waals surface area contributed by atoms with Crippen LogP contribution in [-0.4, -0.2) is 20.4 Å². The molecule has 0 saturated heterocycles. The lowest BCUT2D eigenvalue weighted by atomic mass is 9.83. The summed E-state index contributed by atoms with van der Waals surface area (Å²) >= 11 is 0. The largest absolute Gasteiger partial charge is 0.158 e. The van der Waals surface area contributed by atoms with E-state index in [0.29, 0.717) is 0 Å². The minimum absolute atomic E-state index is 0.876. The van der Waals surface area contributed by atoms with Gasteiger partial charge in [0.1, 0.15) is 0 Å². The molecule has 212 valence electrons. The van der Waals surface area contributed by atoms with Gasteiger partial charge in [0.25, 0.3) is 0 Å². The number of nitrogens with zero attached hydrogens (tertiary/aromatic N) is 4. The standard InChI is InChI=1S/C42H24N4/c1-2-24-18-19-31-33-21-35-34(20-32(33)30-15-9-14-25(24)40(30)31)41(36-22-43-45-38-16-7-5-10-26(36)38)28-12-3-4-13-29(28)42(35)37-23-44-46-39-17-8-6-11-27(37)39/h2-23H,1H2. The molecule has 0 bridgehead atoms. The van der Waals surface area contributed by atoms with Gasteiger partial charge in [-0.15, -0.1) is 0 Å². The van der Waals surface area contributed by atoms with E-state index in [1.165, 1.54) is 43.8 Å². The molecule has 0 saturated carbocycles. The third kappa shape index (κ3) is 3.33. The summed E-state index contributed by atoms with van der Waals surface area (Å²) < 4.78 is 0. The Morgan fingerprint density at radius 2 is 0.913 bits per heavy atom. The molecule has 1 aliphatic rings. The summed E-state index contributed by atoms with van der Waals surface area (Å²) in [6.07, 6.45) is 5.80. The molecule has 0 unspecified atom stereocenters. The molecule has 10 rings (SSSR count). The van der Waals surface area contributed by atoms with Crippen molar-refractivity contribution in [3.63, 3.8) is 0 Å². The molecule has 7 aromatic carbocycles. The third-order valence-corrected chi connectivity index (χ3v) is 9.67. The lowest BCUT2D eigenvalue weighted by Crippen LogP contribution is -1.96. The molecular formula is C42H24N4. The van der Waals surface area contributed by atoms with Crippen molar-refractivity contribution in [1.82, 2.24) is 20.4 Å². The molecule has 0 fully saturated rings. The molecule has 0 radical (unpaired) electrons. The summed E-state index contributed by atoms with van der Waals surface area (Å²) in [5, 5.41) is 27.3. The summed E-state index contributed by atoms with van der Waals surface area (Å²) in [4.78, 5) is 0. The maximum atomic E-state index is 4.50. The number of rotatable bonds is 3. The van der Waals surface area contributed by atoms with Crippen molar-refractivity contribution in [3.8, 4) is 44.5 Å². The van der Waals surface area contributed by atoms with Crippen molar-refractivity contribution in [3.05, 3.63) is 140 Å². The lowest BCUT2D eigenvalue weighted by molar-refractivity contribution is 1.08. The minimum Gasteiger partial charge on any atom is -0.158 e. The van der Waals surface area contributed by atoms with Gasteiger partial charge in [-0.05, 0) is 95.5 Å². The van der Waals surface area contributed by atoms with Crippen LogP contribution in [-0.2, 0) is 0 Å². The van der Waals surface area contributed by atoms with Crippen LogP contribution in [0.1, 0.15) is 5.56 Å². The van der Waals surface area contributed by atoms with Gasteiger partial charge in [-0.3, -0.25) is 0 Å². The van der Waals surface area contributed by atoms with Gasteiger partial charge in [0, 0.05) is 21.9 Å². The summed E-state index contributed by atoms with van der Waals surface area (Å²) in [5.41, 5.74) is 12.3. The van der Waals surface area contributed by atoms with E-state index in [4.69, 9.17) is 0 Å². The molecule has 4 heteroatoms. The molecule has 0 aliphatic heterocycles. The lowest BCUT2D eigenvalue weighted by Gasteiger charge is -2.20. The number of benzene rings is 7. The highest BCUT2D eigenvalue weighted by Crippen LogP contribution is 2.53. The van der Waals surface area contributed by atoms with Gasteiger partial charge in [0.15, 0.2) is 0 Å². The first-order valence-electron chi connectivity index (χ1n) is 15.4. The Morgan fingerprint density at radius 3 is 1.48 bits per heavy atom. The van der Waals surface area contributed by atoms with Crippen molar-refractivity contribution in [2.45, 2.75) is 0 Å². The maximum Gasteiger partial charge on any atom is 0.0935 e. The molecule has 2 heterocycles. The van der Waals surface area contributed by atoms with E-state index in [-0.39, 0.29) is 0 Å². The maximum absolute atomic E-state index is 4.50. The molecule has 0 N–H and O–H groups in total. The van der Waals surface area contributed by atoms with Gasteiger partial charge in [-0.2, -0.15) is 20.4 Å². The van der Waals surface area contributed by atoms with Gasteiger partial charge in [-0.1, -0.05) is 104 Å². The molecule has 46 heavy (non-hydrogen) atoms. The van der Waals surface area contributed by atoms with E-state index < -0.39 is 0 Å². The SMILES string of the molecule is C=Cc1ccc2c3c(cccc13)-c1cc3c(-c4cnnc5ccccc45)c4ccccc4c(-c4cnnc5ccccc45)c3cc1-2. The van der Waals surface area contributed by atoms with Crippen molar-refractivity contribution < 1.29 is 0 Å². The molecule has 0 spiro atoms. The fraction of sp³-hybridized carbons (Fsp3) is 0. The topological polar surface area (TPSA) is 51.6 Å². The van der Waals surface area contributed by atoms with Gasteiger partial charge in [0.2, 0.25) is 0 Å². The van der Waals surface area contributed by atoms with Crippen molar-refractivity contribution in [2.75, 3.05) is 0 Å². The highest BCUT2D eigenvalue weighted by molar-refractivity contribution is 6.28. The molecule has 1 aliphatic carbocycles. The van der Waals surface area contributed by atoms with Crippen molar-refractivity contribution in [1.29, 1.82) is 0 Å². The van der Waals surface area contributed by atoms with Gasteiger partial charge in [0.05, 0.1) is 23.4 Å². The van der Waals surface area contributed by atoms with Gasteiger partial charge >= 0.3 is 0 Å². The fourth-order valence-electron chi connectivity index (χ4n) is 7.72. The first kappa shape index (κ1) is 25.1. The fourth-order valence-corrected chi connectivity index (χ4v) is 7.72. The van der Waals surface area contributed by atoms with E-state index >= 15 is 0 Å². The normalized spacial score (nSPS) is 12.0. The van der Waals surface area contributed by atoms with Crippen LogP contribution in [0.4, 0.5) is 0 Å². The Hall–Kier alpha value is -6.26. The third-order valence-electron chi connectivity index (χ3n) is 9.67. The Balaban J connectivity index is 1.44. The first-order valence-corrected chi connectivity index (χ1v) is 15.4. The predicted octanol–water partition coefficient (Wildman–Crippen LogP) is 10.7. The van der Waals surface area contributed by atoms with Crippen LogP contribution in [0.3, 0.4) is 0 Å². The summed E-state index contributed by atoms with van der Waals surface area (Å²) in [6, 6.07) is 41.2. The zero-order valence-electron chi connectivity index (χ0n) is 24.7. The molecule has 0 amide bonds. The Morgan fingerprint density at radius 1 is 0.413 bits per heavy atom. The molecule has 0 atom stereocenters. The number of hydrogen-bond acceptors (Lipinski definition) is 4. The second kappa shape index (κ2) is 9.37. The zero-order valence-corrected chi connectivity index (χ0v) is 24.7. The van der Waals surface area contributed by atoms with E-state index in [0.717, 1.165) is 60.4 Å². The molecule has 9 aromatic rings. The van der Waals surface area contributed by atoms with E-state index in [1.807, 2.05) is 42.7 Å². The summed E-state index contributed by atoms with van der Waals surface area (Å²) in [7, 11) is 0. The van der Waals surface area contributed by atoms with Gasteiger partial charge in [-0.25, -0.2) is 0 Å². The second-order valence-corrected chi connectivity index (χ2v) is 11.9. The Bertz CT molecular complexity index is 2620. The summed E-state index contributed by atoms with van der Waals surface area (Å²) in [5.74, 6) is 0. The average Bonchev–Trinajstić information content (AvgIpc) is 3.43. The van der Waals surface area contributed by atoms with E-state index in [2.05, 4.69) is 118 Å². The predicted molar refractivity (Wildman–Crippen MR) is 191 cm³/mol. The first-order chi connectivity index (χ1) is 22.8. The number of aromatic nitrogens is 4. The molecule has 2 aromatic heterocycles. The van der Waals surface area contributed by atoms with Crippen LogP contribution in [0.15, 0.2) is 134 Å². The van der Waals surface area contributed by atoms with Crippen LogP contribution in [0.5, 0.6) is 0 Å². The number of hydrogen-bond donors (Lipinski definition) is 0. The van der Waals surface area contributed by atoms with E-state index in [9.17, 15) is 0 Å². The van der Waals surface area contributed by atoms with E-state index in [1.54, 1.807) is 0 Å². The Labute approximate surface area is 264 Å². The molecule has 4 nitrogen and oxygen atoms in total. The van der Waals surface area contributed by atoms with Crippen LogP contribution in [0, 0.1) is 0 Å². The van der Waals surface area contributed by atoms with Gasteiger partial charge < -0.3 is 0 Å².